The number of aliphatic hydroxyl groups excluding tert-OH is 1. The highest BCUT2D eigenvalue weighted by Gasteiger charge is 2.46. The van der Waals surface area contributed by atoms with Crippen LogP contribution >= 0.6 is 11.6 Å². The molecule has 1 unspecified atom stereocenters. The summed E-state index contributed by atoms with van der Waals surface area (Å²) in [4.78, 5) is 38.5. The molecule has 9 heteroatoms. The number of ether oxygens (including phenoxy) is 3. The second-order valence-electron chi connectivity index (χ2n) is 7.00. The van der Waals surface area contributed by atoms with Crippen molar-refractivity contribution in [1.82, 2.24) is 4.90 Å². The van der Waals surface area contributed by atoms with E-state index in [1.807, 2.05) is 0 Å². The van der Waals surface area contributed by atoms with Crippen LogP contribution in [0, 0.1) is 0 Å². The van der Waals surface area contributed by atoms with E-state index in [0.29, 0.717) is 11.3 Å². The summed E-state index contributed by atoms with van der Waals surface area (Å²) in [6, 6.07) is 10.1. The normalized spacial score (nSPS) is 17.5. The van der Waals surface area contributed by atoms with Gasteiger partial charge in [-0.2, -0.15) is 0 Å². The second kappa shape index (κ2) is 9.84. The van der Waals surface area contributed by atoms with Crippen LogP contribution in [0.3, 0.4) is 0 Å². The van der Waals surface area contributed by atoms with Gasteiger partial charge in [0.25, 0.3) is 11.7 Å². The van der Waals surface area contributed by atoms with Crippen molar-refractivity contribution in [1.29, 1.82) is 0 Å². The molecule has 1 aliphatic rings. The molecule has 1 atom stereocenters. The molecule has 8 nitrogen and oxygen atoms in total. The van der Waals surface area contributed by atoms with E-state index >= 15 is 0 Å². The number of halogens is 1. The second-order valence-corrected chi connectivity index (χ2v) is 7.40. The number of ketones is 1. The Morgan fingerprint density at radius 1 is 1.12 bits per heavy atom. The number of methoxy groups -OCH3 is 2. The third-order valence-corrected chi connectivity index (χ3v) is 5.27. The van der Waals surface area contributed by atoms with Gasteiger partial charge in [-0.15, -0.1) is 0 Å². The van der Waals surface area contributed by atoms with Crippen LogP contribution in [-0.4, -0.2) is 55.0 Å². The summed E-state index contributed by atoms with van der Waals surface area (Å²) in [6.45, 7) is 1.54. The first-order valence-electron chi connectivity index (χ1n) is 9.68. The van der Waals surface area contributed by atoms with Crippen molar-refractivity contribution >= 4 is 35.0 Å². The molecule has 1 heterocycles. The lowest BCUT2D eigenvalue weighted by Crippen LogP contribution is -2.32. The molecule has 2 aromatic carbocycles. The Balaban J connectivity index is 2.20. The summed E-state index contributed by atoms with van der Waals surface area (Å²) in [5, 5.41) is 11.3. The van der Waals surface area contributed by atoms with Crippen molar-refractivity contribution in [3.63, 3.8) is 0 Å². The lowest BCUT2D eigenvalue weighted by molar-refractivity contribution is -0.140. The number of benzene rings is 2. The van der Waals surface area contributed by atoms with Crippen LogP contribution in [0.4, 0.5) is 0 Å². The highest BCUT2D eigenvalue weighted by molar-refractivity contribution is 6.47. The third kappa shape index (κ3) is 4.61. The quantitative estimate of drug-likeness (QED) is 0.223. The fourth-order valence-corrected chi connectivity index (χ4v) is 3.73. The van der Waals surface area contributed by atoms with Gasteiger partial charge in [0.2, 0.25) is 0 Å². The van der Waals surface area contributed by atoms with E-state index in [9.17, 15) is 19.5 Å². The van der Waals surface area contributed by atoms with E-state index < -0.39 is 29.5 Å². The number of nitrogens with zero attached hydrogens (tertiary/aromatic N) is 1. The summed E-state index contributed by atoms with van der Waals surface area (Å²) < 4.78 is 15.4. The Kier molecular flexibility index (Phi) is 7.17. The first-order chi connectivity index (χ1) is 15.3. The van der Waals surface area contributed by atoms with E-state index in [-0.39, 0.29) is 35.1 Å². The van der Waals surface area contributed by atoms with Crippen molar-refractivity contribution < 1.29 is 33.7 Å². The van der Waals surface area contributed by atoms with Crippen molar-refractivity contribution in [2.45, 2.75) is 13.0 Å². The van der Waals surface area contributed by atoms with Gasteiger partial charge < -0.3 is 24.2 Å². The number of hydrogen-bond acceptors (Lipinski definition) is 7. The molecular formula is C23H22ClNO7. The zero-order valence-corrected chi connectivity index (χ0v) is 18.5. The molecule has 32 heavy (non-hydrogen) atoms. The van der Waals surface area contributed by atoms with E-state index in [1.165, 1.54) is 44.2 Å². The number of carbonyl (C=O) groups is 3. The van der Waals surface area contributed by atoms with Gasteiger partial charge in [-0.25, -0.2) is 0 Å². The van der Waals surface area contributed by atoms with Gasteiger partial charge in [0.05, 0.1) is 30.4 Å². The van der Waals surface area contributed by atoms with Crippen molar-refractivity contribution in [2.24, 2.45) is 0 Å². The summed E-state index contributed by atoms with van der Waals surface area (Å²) >= 11 is 6.27. The number of amides is 1. The minimum Gasteiger partial charge on any atom is -0.507 e. The maximum absolute atomic E-state index is 13.0. The standard InChI is InChI=1S/C23H22ClNO7/c1-13(26)32-16-6-4-5-14(11-16)20-19(22(28)23(29)25(20)9-10-30-2)21(27)17-12-15(31-3)7-8-18(17)24/h4-8,11-12,20,27H,9-10H2,1-3H3/b21-19+. The summed E-state index contributed by atoms with van der Waals surface area (Å²) in [5.41, 5.74) is 0.484. The number of likely N-dealkylation sites (tertiary alicyclic amines) is 1. The summed E-state index contributed by atoms with van der Waals surface area (Å²) in [6.07, 6.45) is 0. The highest BCUT2D eigenvalue weighted by Crippen LogP contribution is 2.41. The number of aliphatic hydroxyl groups is 1. The van der Waals surface area contributed by atoms with Crippen molar-refractivity contribution in [2.75, 3.05) is 27.4 Å². The fourth-order valence-electron chi connectivity index (χ4n) is 3.52. The van der Waals surface area contributed by atoms with E-state index in [2.05, 4.69) is 0 Å². The topological polar surface area (TPSA) is 102 Å². The number of Topliss-reactive ketones (excluding diaryl/α,β-unsaturated/α-hetero) is 1. The Hall–Kier alpha value is -3.36. The molecule has 1 N–H and O–H groups in total. The largest absolute Gasteiger partial charge is 0.507 e. The molecule has 0 spiro atoms. The average molecular weight is 460 g/mol. The minimum absolute atomic E-state index is 0.103. The van der Waals surface area contributed by atoms with Gasteiger partial charge in [0.15, 0.2) is 0 Å². The van der Waals surface area contributed by atoms with Crippen LogP contribution in [0.15, 0.2) is 48.0 Å². The van der Waals surface area contributed by atoms with Crippen LogP contribution in [-0.2, 0) is 19.1 Å². The maximum Gasteiger partial charge on any atom is 0.308 e. The zero-order chi connectivity index (χ0) is 23.4. The molecule has 1 saturated heterocycles. The van der Waals surface area contributed by atoms with Gasteiger partial charge in [-0.3, -0.25) is 14.4 Å². The number of hydrogen-bond donors (Lipinski definition) is 1. The first kappa shape index (κ1) is 23.3. The van der Waals surface area contributed by atoms with Crippen LogP contribution in [0.25, 0.3) is 5.76 Å². The minimum atomic E-state index is -0.942. The first-order valence-corrected chi connectivity index (χ1v) is 10.1. The Morgan fingerprint density at radius 3 is 2.53 bits per heavy atom. The van der Waals surface area contributed by atoms with E-state index in [0.717, 1.165) is 0 Å². The van der Waals surface area contributed by atoms with Gasteiger partial charge in [-0.1, -0.05) is 23.7 Å². The van der Waals surface area contributed by atoms with Crippen LogP contribution in [0.2, 0.25) is 5.02 Å². The average Bonchev–Trinajstić information content (AvgIpc) is 3.02. The predicted octanol–water partition coefficient (Wildman–Crippen LogP) is 3.34. The summed E-state index contributed by atoms with van der Waals surface area (Å²) in [5.74, 6) is -1.94. The molecule has 1 fully saturated rings. The molecule has 168 valence electrons. The molecule has 1 amide bonds. The van der Waals surface area contributed by atoms with Gasteiger partial charge >= 0.3 is 5.97 Å². The van der Waals surface area contributed by atoms with E-state index in [4.69, 9.17) is 25.8 Å². The Labute approximate surface area is 189 Å². The zero-order valence-electron chi connectivity index (χ0n) is 17.8. The molecule has 2 aromatic rings. The van der Waals surface area contributed by atoms with Crippen LogP contribution in [0.1, 0.15) is 24.1 Å². The Morgan fingerprint density at radius 2 is 1.88 bits per heavy atom. The monoisotopic (exact) mass is 459 g/mol. The SMILES string of the molecule is COCCN1C(=O)C(=O)/C(=C(/O)c2cc(OC)ccc2Cl)C1c1cccc(OC(C)=O)c1. The van der Waals surface area contributed by atoms with Crippen LogP contribution in [0.5, 0.6) is 11.5 Å². The maximum atomic E-state index is 13.0. The van der Waals surface area contributed by atoms with Crippen molar-refractivity contribution in [3.05, 3.63) is 64.2 Å². The third-order valence-electron chi connectivity index (χ3n) is 4.94. The van der Waals surface area contributed by atoms with Gasteiger partial charge in [-0.05, 0) is 35.9 Å². The van der Waals surface area contributed by atoms with Gasteiger partial charge in [0, 0.05) is 26.1 Å². The smallest absolute Gasteiger partial charge is 0.308 e. The fraction of sp³-hybridized carbons (Fsp3) is 0.261. The molecule has 0 aromatic heterocycles. The molecule has 3 rings (SSSR count). The molecule has 0 saturated carbocycles. The number of esters is 1. The van der Waals surface area contributed by atoms with E-state index in [1.54, 1.807) is 24.3 Å². The molecule has 0 aliphatic carbocycles. The lowest BCUT2D eigenvalue weighted by atomic mass is 9.95. The molecule has 0 radical (unpaired) electrons. The lowest BCUT2D eigenvalue weighted by Gasteiger charge is -2.25. The molecule has 0 bridgehead atoms. The highest BCUT2D eigenvalue weighted by atomic mass is 35.5. The molecule has 1 aliphatic heterocycles. The Bertz CT molecular complexity index is 1100. The van der Waals surface area contributed by atoms with Gasteiger partial charge in [0.1, 0.15) is 17.3 Å². The van der Waals surface area contributed by atoms with Crippen LogP contribution < -0.4 is 9.47 Å². The predicted molar refractivity (Wildman–Crippen MR) is 117 cm³/mol. The number of carbonyl (C=O) groups excluding carboxylic acids is 3. The number of rotatable bonds is 7. The summed E-state index contributed by atoms with van der Waals surface area (Å²) in [7, 11) is 2.93. The van der Waals surface area contributed by atoms with Crippen molar-refractivity contribution in [3.8, 4) is 11.5 Å². The molecular weight excluding hydrogens is 438 g/mol.